The Labute approximate surface area is 186 Å². The third kappa shape index (κ3) is 4.47. The van der Waals surface area contributed by atoms with Gasteiger partial charge >= 0.3 is 5.69 Å². The zero-order valence-electron chi connectivity index (χ0n) is 17.2. The molecule has 0 fully saturated rings. The molecule has 0 bridgehead atoms. The fourth-order valence-electron chi connectivity index (χ4n) is 3.34. The molecule has 0 saturated carbocycles. The zero-order valence-corrected chi connectivity index (χ0v) is 18.0. The molecule has 4 rings (SSSR count). The molecule has 2 aromatic carbocycles. The lowest BCUT2D eigenvalue weighted by Gasteiger charge is -2.13. The molecule has 4 aromatic rings. The van der Waals surface area contributed by atoms with Crippen LogP contribution in [0.3, 0.4) is 0 Å². The van der Waals surface area contributed by atoms with E-state index in [2.05, 4.69) is 5.32 Å². The van der Waals surface area contributed by atoms with E-state index in [0.717, 1.165) is 15.9 Å². The molecule has 2 aromatic heterocycles. The minimum absolute atomic E-state index is 0.0146. The van der Waals surface area contributed by atoms with E-state index in [4.69, 9.17) is 4.74 Å². The van der Waals surface area contributed by atoms with Crippen molar-refractivity contribution in [3.8, 4) is 5.75 Å². The van der Waals surface area contributed by atoms with Gasteiger partial charge in [-0.25, -0.2) is 9.18 Å². The smallest absolute Gasteiger partial charge is 0.332 e. The van der Waals surface area contributed by atoms with Gasteiger partial charge in [0.05, 0.1) is 19.2 Å². The van der Waals surface area contributed by atoms with E-state index < -0.39 is 17.1 Å². The minimum atomic E-state index is -0.593. The molecular formula is C23H20FN3O4S. The summed E-state index contributed by atoms with van der Waals surface area (Å²) in [7, 11) is 1.58. The summed E-state index contributed by atoms with van der Waals surface area (Å²) in [5.41, 5.74) is 0.884. The summed E-state index contributed by atoms with van der Waals surface area (Å²) in [6, 6.07) is 14.5. The Morgan fingerprint density at radius 1 is 1.00 bits per heavy atom. The van der Waals surface area contributed by atoms with Crippen LogP contribution in [0.5, 0.6) is 5.75 Å². The van der Waals surface area contributed by atoms with Gasteiger partial charge in [-0.15, -0.1) is 11.3 Å². The number of carbonyl (C=O) groups excluding carboxylic acids is 1. The zero-order chi connectivity index (χ0) is 22.7. The van der Waals surface area contributed by atoms with Crippen LogP contribution in [0, 0.1) is 5.82 Å². The first-order valence-electron chi connectivity index (χ1n) is 9.81. The Bertz CT molecular complexity index is 1370. The maximum atomic E-state index is 13.2. The van der Waals surface area contributed by atoms with Crippen molar-refractivity contribution >= 4 is 27.5 Å². The summed E-state index contributed by atoms with van der Waals surface area (Å²) in [5, 5.41) is 4.50. The highest BCUT2D eigenvalue weighted by Crippen LogP contribution is 2.16. The molecule has 32 heavy (non-hydrogen) atoms. The Morgan fingerprint density at radius 2 is 1.69 bits per heavy atom. The number of nitrogens with zero attached hydrogens (tertiary/aromatic N) is 2. The third-order valence-electron chi connectivity index (χ3n) is 5.04. The van der Waals surface area contributed by atoms with Gasteiger partial charge in [0.25, 0.3) is 5.56 Å². The third-order valence-corrected chi connectivity index (χ3v) is 5.93. The van der Waals surface area contributed by atoms with Crippen LogP contribution in [0.4, 0.5) is 4.39 Å². The van der Waals surface area contributed by atoms with Crippen molar-refractivity contribution in [1.82, 2.24) is 14.5 Å². The number of halogens is 1. The van der Waals surface area contributed by atoms with Crippen LogP contribution in [0.2, 0.25) is 0 Å². The van der Waals surface area contributed by atoms with Gasteiger partial charge in [-0.05, 0) is 46.8 Å². The first-order valence-corrected chi connectivity index (χ1v) is 10.7. The van der Waals surface area contributed by atoms with E-state index >= 15 is 0 Å². The topological polar surface area (TPSA) is 82.3 Å². The largest absolute Gasteiger partial charge is 0.497 e. The minimum Gasteiger partial charge on any atom is -0.497 e. The molecule has 0 spiro atoms. The average molecular weight is 453 g/mol. The maximum absolute atomic E-state index is 13.2. The molecular weight excluding hydrogens is 433 g/mol. The van der Waals surface area contributed by atoms with Gasteiger partial charge in [-0.1, -0.05) is 24.3 Å². The Hall–Kier alpha value is -3.72. The number of carbonyl (C=O) groups is 1. The average Bonchev–Trinajstić information content (AvgIpc) is 3.30. The quantitative estimate of drug-likeness (QED) is 0.467. The van der Waals surface area contributed by atoms with Crippen LogP contribution in [0.1, 0.15) is 11.1 Å². The lowest BCUT2D eigenvalue weighted by atomic mass is 10.2. The van der Waals surface area contributed by atoms with Crippen molar-refractivity contribution in [2.75, 3.05) is 7.11 Å². The Kier molecular flexibility index (Phi) is 6.18. The van der Waals surface area contributed by atoms with Gasteiger partial charge in [-0.3, -0.25) is 18.7 Å². The second-order valence-corrected chi connectivity index (χ2v) is 8.06. The summed E-state index contributed by atoms with van der Waals surface area (Å²) in [5.74, 6) is -0.0435. The predicted molar refractivity (Wildman–Crippen MR) is 121 cm³/mol. The molecule has 0 aliphatic carbocycles. The molecule has 1 amide bonds. The normalized spacial score (nSPS) is 10.9. The van der Waals surface area contributed by atoms with Gasteiger partial charge in [-0.2, -0.15) is 0 Å². The number of nitrogens with one attached hydrogen (secondary N) is 1. The second-order valence-electron chi connectivity index (χ2n) is 7.15. The van der Waals surface area contributed by atoms with Crippen molar-refractivity contribution in [2.24, 2.45) is 0 Å². The summed E-state index contributed by atoms with van der Waals surface area (Å²) in [4.78, 5) is 38.6. The van der Waals surface area contributed by atoms with Crippen molar-refractivity contribution in [3.05, 3.63) is 97.8 Å². The van der Waals surface area contributed by atoms with Gasteiger partial charge in [0.15, 0.2) is 0 Å². The summed E-state index contributed by atoms with van der Waals surface area (Å²) in [6.07, 6.45) is 0. The van der Waals surface area contributed by atoms with Crippen molar-refractivity contribution in [2.45, 2.75) is 19.6 Å². The number of thiophene rings is 1. The molecule has 0 aliphatic rings. The SMILES string of the molecule is COc1ccc(CNC(=O)Cn2c(=O)n(Cc3ccc(F)cc3)c(=O)c3sccc32)cc1. The number of benzene rings is 2. The monoisotopic (exact) mass is 453 g/mol. The van der Waals surface area contributed by atoms with Crippen molar-refractivity contribution in [3.63, 3.8) is 0 Å². The number of methoxy groups -OCH3 is 1. The summed E-state index contributed by atoms with van der Waals surface area (Å²) >= 11 is 1.21. The number of fused-ring (bicyclic) bond motifs is 1. The highest BCUT2D eigenvalue weighted by molar-refractivity contribution is 7.17. The van der Waals surface area contributed by atoms with E-state index in [9.17, 15) is 18.8 Å². The first kappa shape index (κ1) is 21.5. The standard InChI is InChI=1S/C23H20FN3O4S/c1-31-18-8-4-15(5-9-18)12-25-20(28)14-26-19-10-11-32-21(19)22(29)27(23(26)30)13-16-2-6-17(24)7-3-16/h2-11H,12-14H2,1H3,(H,25,28). The number of ether oxygens (including phenoxy) is 1. The number of aromatic nitrogens is 2. The Balaban J connectivity index is 1.59. The lowest BCUT2D eigenvalue weighted by molar-refractivity contribution is -0.121. The van der Waals surface area contributed by atoms with E-state index in [0.29, 0.717) is 22.3 Å². The first-order chi connectivity index (χ1) is 15.5. The van der Waals surface area contributed by atoms with Crippen molar-refractivity contribution < 1.29 is 13.9 Å². The highest BCUT2D eigenvalue weighted by atomic mass is 32.1. The molecule has 0 atom stereocenters. The summed E-state index contributed by atoms with van der Waals surface area (Å²) < 4.78 is 21.1. The molecule has 9 heteroatoms. The molecule has 164 valence electrons. The van der Waals surface area contributed by atoms with Crippen LogP contribution in [-0.2, 0) is 24.4 Å². The molecule has 2 heterocycles. The lowest BCUT2D eigenvalue weighted by Crippen LogP contribution is -2.42. The van der Waals surface area contributed by atoms with Crippen LogP contribution in [-0.4, -0.2) is 22.2 Å². The molecule has 1 N–H and O–H groups in total. The van der Waals surface area contributed by atoms with Crippen LogP contribution >= 0.6 is 11.3 Å². The maximum Gasteiger partial charge on any atom is 0.332 e. The van der Waals surface area contributed by atoms with E-state index in [1.807, 2.05) is 12.1 Å². The fraction of sp³-hybridized carbons (Fsp3) is 0.174. The van der Waals surface area contributed by atoms with Gasteiger partial charge < -0.3 is 10.1 Å². The van der Waals surface area contributed by atoms with Gasteiger partial charge in [0, 0.05) is 6.54 Å². The van der Waals surface area contributed by atoms with E-state index in [-0.39, 0.29) is 19.0 Å². The predicted octanol–water partition coefficient (Wildman–Crippen LogP) is 2.74. The number of amides is 1. The molecule has 0 unspecified atom stereocenters. The summed E-state index contributed by atoms with van der Waals surface area (Å²) in [6.45, 7) is 0.0464. The highest BCUT2D eigenvalue weighted by Gasteiger charge is 2.16. The van der Waals surface area contributed by atoms with E-state index in [1.165, 1.54) is 40.2 Å². The number of hydrogen-bond donors (Lipinski definition) is 1. The molecule has 7 nitrogen and oxygen atoms in total. The van der Waals surface area contributed by atoms with Gasteiger partial charge in [0.1, 0.15) is 22.8 Å². The number of hydrogen-bond acceptors (Lipinski definition) is 5. The van der Waals surface area contributed by atoms with Gasteiger partial charge in [0.2, 0.25) is 5.91 Å². The molecule has 0 aliphatic heterocycles. The second kappa shape index (κ2) is 9.19. The molecule has 0 radical (unpaired) electrons. The van der Waals surface area contributed by atoms with Crippen LogP contribution < -0.4 is 21.3 Å². The molecule has 0 saturated heterocycles. The number of rotatable bonds is 7. The van der Waals surface area contributed by atoms with Crippen LogP contribution in [0.25, 0.3) is 10.2 Å². The van der Waals surface area contributed by atoms with Crippen molar-refractivity contribution in [1.29, 1.82) is 0 Å². The fourth-order valence-corrected chi connectivity index (χ4v) is 4.18. The Morgan fingerprint density at radius 3 is 2.38 bits per heavy atom. The van der Waals surface area contributed by atoms with E-state index in [1.54, 1.807) is 30.7 Å². The van der Waals surface area contributed by atoms with Crippen LogP contribution in [0.15, 0.2) is 69.6 Å².